The molecule has 0 aromatic heterocycles. The average Bonchev–Trinajstić information content (AvgIpc) is 2.13. The molecule has 0 saturated carbocycles. The van der Waals surface area contributed by atoms with Crippen molar-refractivity contribution >= 4 is 24.0 Å². The van der Waals surface area contributed by atoms with Crippen molar-refractivity contribution in [2.75, 3.05) is 6.61 Å². The molecule has 0 heterocycles. The van der Waals surface area contributed by atoms with Crippen LogP contribution in [0.4, 0.5) is 4.39 Å². The molecule has 1 rings (SSSR count). The number of hydrogen-bond donors (Lipinski definition) is 2. The lowest BCUT2D eigenvalue weighted by atomic mass is 10.0. The molecule has 0 amide bonds. The van der Waals surface area contributed by atoms with E-state index in [-0.39, 0.29) is 19.0 Å². The lowest BCUT2D eigenvalue weighted by Gasteiger charge is -2.14. The predicted octanol–water partition coefficient (Wildman–Crippen LogP) is 2.59. The predicted molar refractivity (Wildman–Crippen MR) is 62.0 cm³/mol. The molecule has 0 fully saturated rings. The number of aryl methyl sites for hydroxylation is 1. The Bertz CT molecular complexity index is 333. The quantitative estimate of drug-likeness (QED) is 0.870. The number of aliphatic hydroxyl groups excluding tert-OH is 1. The van der Waals surface area contributed by atoms with Gasteiger partial charge in [0, 0.05) is 18.2 Å². The summed E-state index contributed by atoms with van der Waals surface area (Å²) in [5, 5.41) is 9.06. The van der Waals surface area contributed by atoms with E-state index in [0.717, 1.165) is 5.56 Å². The van der Waals surface area contributed by atoms with Gasteiger partial charge in [-0.25, -0.2) is 4.39 Å². The van der Waals surface area contributed by atoms with Gasteiger partial charge in [0.25, 0.3) is 0 Å². The van der Waals surface area contributed by atoms with Crippen molar-refractivity contribution in [1.29, 1.82) is 0 Å². The van der Waals surface area contributed by atoms with Crippen molar-refractivity contribution in [3.8, 4) is 0 Å². The highest BCUT2D eigenvalue weighted by molar-refractivity contribution is 6.32. The summed E-state index contributed by atoms with van der Waals surface area (Å²) in [6.45, 7) is 1.71. The van der Waals surface area contributed by atoms with Crippen LogP contribution in [-0.4, -0.2) is 11.7 Å². The Morgan fingerprint density at radius 1 is 1.53 bits per heavy atom. The summed E-state index contributed by atoms with van der Waals surface area (Å²) in [6, 6.07) is 2.40. The minimum Gasteiger partial charge on any atom is -0.396 e. The van der Waals surface area contributed by atoms with Crippen molar-refractivity contribution in [2.24, 2.45) is 5.73 Å². The minimum absolute atomic E-state index is 0. The molecule has 5 heteroatoms. The molecular weight excluding hydrogens is 240 g/mol. The van der Waals surface area contributed by atoms with E-state index in [9.17, 15) is 4.39 Å². The Kier molecular flexibility index (Phi) is 6.13. The third-order valence-electron chi connectivity index (χ3n) is 2.13. The van der Waals surface area contributed by atoms with Gasteiger partial charge in [-0.2, -0.15) is 0 Å². The molecule has 1 unspecified atom stereocenters. The van der Waals surface area contributed by atoms with E-state index >= 15 is 0 Å². The van der Waals surface area contributed by atoms with Crippen LogP contribution in [0.15, 0.2) is 12.1 Å². The van der Waals surface area contributed by atoms with Gasteiger partial charge < -0.3 is 10.8 Å². The van der Waals surface area contributed by atoms with E-state index in [1.165, 1.54) is 6.07 Å². The molecule has 0 spiro atoms. The smallest absolute Gasteiger partial charge is 0.129 e. The van der Waals surface area contributed by atoms with Crippen LogP contribution < -0.4 is 5.73 Å². The summed E-state index contributed by atoms with van der Waals surface area (Å²) >= 11 is 5.93. The summed E-state index contributed by atoms with van der Waals surface area (Å²) in [7, 11) is 0. The van der Waals surface area contributed by atoms with Gasteiger partial charge in [0.05, 0.1) is 5.02 Å². The Morgan fingerprint density at radius 3 is 2.67 bits per heavy atom. The molecule has 0 aliphatic rings. The fourth-order valence-electron chi connectivity index (χ4n) is 1.30. The van der Waals surface area contributed by atoms with Gasteiger partial charge in [0.1, 0.15) is 5.82 Å². The van der Waals surface area contributed by atoms with Crippen LogP contribution in [0.25, 0.3) is 0 Å². The SMILES string of the molecule is Cc1ccc(F)c(C(N)CCO)c1Cl.Cl. The Hall–Kier alpha value is -0.350. The van der Waals surface area contributed by atoms with E-state index in [1.807, 2.05) is 0 Å². The topological polar surface area (TPSA) is 46.2 Å². The third kappa shape index (κ3) is 3.31. The van der Waals surface area contributed by atoms with Gasteiger partial charge in [-0.05, 0) is 25.0 Å². The molecule has 1 aromatic rings. The van der Waals surface area contributed by atoms with Crippen molar-refractivity contribution in [2.45, 2.75) is 19.4 Å². The number of hydrogen-bond acceptors (Lipinski definition) is 2. The molecule has 0 radical (unpaired) electrons. The Labute approximate surface area is 99.6 Å². The highest BCUT2D eigenvalue weighted by Gasteiger charge is 2.16. The van der Waals surface area contributed by atoms with E-state index < -0.39 is 11.9 Å². The average molecular weight is 254 g/mol. The lowest BCUT2D eigenvalue weighted by Crippen LogP contribution is -2.14. The van der Waals surface area contributed by atoms with Crippen LogP contribution in [0.5, 0.6) is 0 Å². The lowest BCUT2D eigenvalue weighted by molar-refractivity contribution is 0.275. The van der Waals surface area contributed by atoms with Gasteiger partial charge in [0.2, 0.25) is 0 Å². The van der Waals surface area contributed by atoms with Crippen LogP contribution in [0.3, 0.4) is 0 Å². The molecule has 86 valence electrons. The van der Waals surface area contributed by atoms with Gasteiger partial charge >= 0.3 is 0 Å². The van der Waals surface area contributed by atoms with Crippen LogP contribution >= 0.6 is 24.0 Å². The van der Waals surface area contributed by atoms with Gasteiger partial charge in [0.15, 0.2) is 0 Å². The highest BCUT2D eigenvalue weighted by Crippen LogP contribution is 2.29. The maximum absolute atomic E-state index is 13.4. The maximum atomic E-state index is 13.4. The highest BCUT2D eigenvalue weighted by atomic mass is 35.5. The van der Waals surface area contributed by atoms with E-state index in [2.05, 4.69) is 0 Å². The zero-order chi connectivity index (χ0) is 10.7. The van der Waals surface area contributed by atoms with Crippen molar-refractivity contribution in [1.82, 2.24) is 0 Å². The molecule has 15 heavy (non-hydrogen) atoms. The second-order valence-electron chi connectivity index (χ2n) is 3.21. The summed E-state index contributed by atoms with van der Waals surface area (Å²) in [4.78, 5) is 0. The van der Waals surface area contributed by atoms with Crippen molar-refractivity contribution in [3.05, 3.63) is 34.1 Å². The molecule has 0 aliphatic heterocycles. The number of aliphatic hydroxyl groups is 1. The number of rotatable bonds is 3. The first-order valence-corrected chi connectivity index (χ1v) is 4.76. The first-order chi connectivity index (χ1) is 6.57. The van der Waals surface area contributed by atoms with E-state index in [4.69, 9.17) is 22.4 Å². The summed E-state index contributed by atoms with van der Waals surface area (Å²) < 4.78 is 13.4. The van der Waals surface area contributed by atoms with Crippen LogP contribution in [0.2, 0.25) is 5.02 Å². The van der Waals surface area contributed by atoms with E-state index in [0.29, 0.717) is 17.0 Å². The van der Waals surface area contributed by atoms with Crippen LogP contribution in [0.1, 0.15) is 23.6 Å². The van der Waals surface area contributed by atoms with Crippen molar-refractivity contribution in [3.63, 3.8) is 0 Å². The molecule has 0 bridgehead atoms. The van der Waals surface area contributed by atoms with Gasteiger partial charge in [-0.1, -0.05) is 17.7 Å². The monoisotopic (exact) mass is 253 g/mol. The number of benzene rings is 1. The molecule has 1 atom stereocenters. The second-order valence-corrected chi connectivity index (χ2v) is 3.59. The standard InChI is InChI=1S/C10H13ClFNO.ClH/c1-6-2-3-7(12)9(10(6)11)8(13)4-5-14;/h2-3,8,14H,4-5,13H2,1H3;1H. The summed E-state index contributed by atoms with van der Waals surface area (Å²) in [5.41, 5.74) is 6.77. The minimum atomic E-state index is -0.549. The van der Waals surface area contributed by atoms with Crippen LogP contribution in [-0.2, 0) is 0 Å². The molecule has 3 N–H and O–H groups in total. The first kappa shape index (κ1) is 14.6. The molecule has 0 aliphatic carbocycles. The Balaban J connectivity index is 0.00000196. The molecule has 0 saturated heterocycles. The van der Waals surface area contributed by atoms with Crippen LogP contribution in [0, 0.1) is 12.7 Å². The Morgan fingerprint density at radius 2 is 2.13 bits per heavy atom. The molecule has 1 aromatic carbocycles. The van der Waals surface area contributed by atoms with Crippen molar-refractivity contribution < 1.29 is 9.50 Å². The fraction of sp³-hybridized carbons (Fsp3) is 0.400. The fourth-order valence-corrected chi connectivity index (χ4v) is 1.60. The third-order valence-corrected chi connectivity index (χ3v) is 2.63. The zero-order valence-electron chi connectivity index (χ0n) is 8.34. The van der Waals surface area contributed by atoms with E-state index in [1.54, 1.807) is 13.0 Å². The zero-order valence-corrected chi connectivity index (χ0v) is 9.91. The largest absolute Gasteiger partial charge is 0.396 e. The summed E-state index contributed by atoms with van der Waals surface area (Å²) in [5.74, 6) is -0.415. The number of halogens is 3. The molecular formula is C10H14Cl2FNO. The normalized spacial score (nSPS) is 12.1. The first-order valence-electron chi connectivity index (χ1n) is 4.39. The second kappa shape index (κ2) is 6.28. The molecule has 2 nitrogen and oxygen atoms in total. The summed E-state index contributed by atoms with van der Waals surface area (Å²) in [6.07, 6.45) is 0.306. The number of nitrogens with two attached hydrogens (primary N) is 1. The maximum Gasteiger partial charge on any atom is 0.129 e. The van der Waals surface area contributed by atoms with Gasteiger partial charge in [-0.15, -0.1) is 12.4 Å². The van der Waals surface area contributed by atoms with Gasteiger partial charge in [-0.3, -0.25) is 0 Å².